The van der Waals surface area contributed by atoms with Gasteiger partial charge in [0.05, 0.1) is 21.9 Å². The molecule has 1 heterocycles. The van der Waals surface area contributed by atoms with E-state index < -0.39 is 0 Å². The summed E-state index contributed by atoms with van der Waals surface area (Å²) in [6.45, 7) is -0.0803. The summed E-state index contributed by atoms with van der Waals surface area (Å²) in [4.78, 5) is 0.712. The van der Waals surface area contributed by atoms with Gasteiger partial charge in [0.2, 0.25) is 0 Å². The molecular weight excluding hydrogens is 218 g/mol. The zero-order valence-corrected chi connectivity index (χ0v) is 8.69. The Balaban J connectivity index is 2.85. The highest BCUT2D eigenvalue weighted by Crippen LogP contribution is 2.36. The fourth-order valence-corrected chi connectivity index (χ4v) is 2.73. The monoisotopic (exact) mass is 223 g/mol. The van der Waals surface area contributed by atoms with Crippen LogP contribution in [-0.2, 0) is 6.61 Å². The lowest BCUT2D eigenvalue weighted by atomic mass is 10.2. The molecule has 1 aromatic heterocycles. The number of hydrogen-bond acceptors (Lipinski definition) is 3. The number of thiophene rings is 1. The van der Waals surface area contributed by atoms with E-state index in [1.165, 1.54) is 11.3 Å². The lowest BCUT2D eigenvalue weighted by Crippen LogP contribution is -1.74. The van der Waals surface area contributed by atoms with E-state index in [1.54, 1.807) is 12.1 Å². The van der Waals surface area contributed by atoms with Gasteiger partial charge >= 0.3 is 0 Å². The first-order chi connectivity index (χ1) is 6.77. The van der Waals surface area contributed by atoms with Crippen LogP contribution in [0.3, 0.4) is 0 Å². The van der Waals surface area contributed by atoms with Crippen molar-refractivity contribution in [2.45, 2.75) is 6.61 Å². The molecule has 0 radical (unpaired) electrons. The first kappa shape index (κ1) is 9.47. The second-order valence-corrected chi connectivity index (χ2v) is 4.27. The van der Waals surface area contributed by atoms with E-state index in [0.717, 1.165) is 10.1 Å². The predicted molar refractivity (Wildman–Crippen MR) is 57.5 cm³/mol. The second kappa shape index (κ2) is 3.58. The van der Waals surface area contributed by atoms with Crippen LogP contribution in [0.15, 0.2) is 18.2 Å². The molecule has 0 spiro atoms. The number of aliphatic hydroxyl groups is 1. The molecule has 0 atom stereocenters. The van der Waals surface area contributed by atoms with Crippen molar-refractivity contribution in [2.75, 3.05) is 0 Å². The molecule has 70 valence electrons. The first-order valence-corrected chi connectivity index (χ1v) is 5.18. The van der Waals surface area contributed by atoms with Gasteiger partial charge in [0.15, 0.2) is 0 Å². The van der Waals surface area contributed by atoms with Crippen molar-refractivity contribution in [3.05, 3.63) is 33.7 Å². The molecule has 0 unspecified atom stereocenters. The van der Waals surface area contributed by atoms with Crippen LogP contribution in [-0.4, -0.2) is 5.11 Å². The van der Waals surface area contributed by atoms with Gasteiger partial charge in [-0.05, 0) is 6.07 Å². The van der Waals surface area contributed by atoms with Crippen molar-refractivity contribution in [3.63, 3.8) is 0 Å². The highest BCUT2D eigenvalue weighted by molar-refractivity contribution is 7.20. The lowest BCUT2D eigenvalue weighted by molar-refractivity contribution is 0.285. The van der Waals surface area contributed by atoms with E-state index in [2.05, 4.69) is 6.07 Å². The third-order valence-corrected chi connectivity index (χ3v) is 3.75. The topological polar surface area (TPSA) is 44.0 Å². The molecule has 2 nitrogen and oxygen atoms in total. The van der Waals surface area contributed by atoms with Gasteiger partial charge in [0.1, 0.15) is 6.07 Å². The van der Waals surface area contributed by atoms with E-state index in [0.29, 0.717) is 15.5 Å². The second-order valence-electron chi connectivity index (χ2n) is 2.79. The fraction of sp³-hybridized carbons (Fsp3) is 0.100. The minimum absolute atomic E-state index is 0.0803. The fourth-order valence-electron chi connectivity index (χ4n) is 1.33. The van der Waals surface area contributed by atoms with Crippen LogP contribution in [0.2, 0.25) is 5.02 Å². The van der Waals surface area contributed by atoms with E-state index in [1.807, 2.05) is 6.07 Å². The van der Waals surface area contributed by atoms with Gasteiger partial charge in [-0.1, -0.05) is 23.7 Å². The minimum Gasteiger partial charge on any atom is -0.391 e. The third kappa shape index (κ3) is 1.28. The number of hydrogen-bond donors (Lipinski definition) is 1. The quantitative estimate of drug-likeness (QED) is 0.808. The maximum absolute atomic E-state index is 9.03. The van der Waals surface area contributed by atoms with E-state index in [4.69, 9.17) is 22.0 Å². The summed E-state index contributed by atoms with van der Waals surface area (Å²) in [5.74, 6) is 0. The molecule has 1 aromatic carbocycles. The molecule has 2 rings (SSSR count). The first-order valence-electron chi connectivity index (χ1n) is 3.98. The normalized spacial score (nSPS) is 10.4. The summed E-state index contributed by atoms with van der Waals surface area (Å²) in [7, 11) is 0. The highest BCUT2D eigenvalue weighted by Gasteiger charge is 2.11. The number of benzene rings is 1. The van der Waals surface area contributed by atoms with Crippen molar-refractivity contribution in [1.29, 1.82) is 5.26 Å². The average Bonchev–Trinajstić information content (AvgIpc) is 2.55. The van der Waals surface area contributed by atoms with Crippen molar-refractivity contribution in [1.82, 2.24) is 0 Å². The summed E-state index contributed by atoms with van der Waals surface area (Å²) in [6.07, 6.45) is 0. The zero-order valence-electron chi connectivity index (χ0n) is 7.12. The van der Waals surface area contributed by atoms with Crippen LogP contribution >= 0.6 is 22.9 Å². The van der Waals surface area contributed by atoms with Gasteiger partial charge in [-0.3, -0.25) is 0 Å². The molecule has 0 aliphatic rings. The molecule has 0 amide bonds. The van der Waals surface area contributed by atoms with Gasteiger partial charge in [0.25, 0.3) is 0 Å². The van der Waals surface area contributed by atoms with Crippen LogP contribution in [0.1, 0.15) is 10.4 Å². The molecule has 0 saturated heterocycles. The summed E-state index contributed by atoms with van der Waals surface area (Å²) >= 11 is 7.40. The Morgan fingerprint density at radius 2 is 2.29 bits per heavy atom. The summed E-state index contributed by atoms with van der Waals surface area (Å²) < 4.78 is 0.851. The number of fused-ring (bicyclic) bond motifs is 1. The van der Waals surface area contributed by atoms with Crippen molar-refractivity contribution in [2.24, 2.45) is 0 Å². The molecule has 0 aliphatic heterocycles. The van der Waals surface area contributed by atoms with Crippen LogP contribution in [0.25, 0.3) is 10.1 Å². The van der Waals surface area contributed by atoms with Crippen molar-refractivity contribution >= 4 is 33.0 Å². The summed E-state index contributed by atoms with van der Waals surface area (Å²) in [5, 5.41) is 19.3. The Morgan fingerprint density at radius 3 is 2.93 bits per heavy atom. The Bertz CT molecular complexity index is 527. The van der Waals surface area contributed by atoms with Gasteiger partial charge in [-0.25, -0.2) is 0 Å². The minimum atomic E-state index is -0.0803. The number of aliphatic hydroxyl groups excluding tert-OH is 1. The molecule has 4 heteroatoms. The smallest absolute Gasteiger partial charge is 0.101 e. The van der Waals surface area contributed by atoms with Crippen molar-refractivity contribution in [3.8, 4) is 6.07 Å². The highest BCUT2D eigenvalue weighted by atomic mass is 35.5. The van der Waals surface area contributed by atoms with Crippen LogP contribution < -0.4 is 0 Å². The molecule has 0 fully saturated rings. The maximum atomic E-state index is 9.03. The largest absolute Gasteiger partial charge is 0.391 e. The van der Waals surface area contributed by atoms with E-state index in [-0.39, 0.29) is 6.61 Å². The number of nitrogens with zero attached hydrogens (tertiary/aromatic N) is 1. The number of halogens is 1. The number of rotatable bonds is 1. The van der Waals surface area contributed by atoms with Crippen LogP contribution in [0.5, 0.6) is 0 Å². The SMILES string of the molecule is N#Cc1cccc2c(Cl)c(CO)sc12. The third-order valence-electron chi connectivity index (χ3n) is 1.99. The standard InChI is InChI=1S/C10H6ClNOS/c11-9-7-3-1-2-6(4-12)10(7)14-8(9)5-13/h1-3,13H,5H2. The van der Waals surface area contributed by atoms with Gasteiger partial charge in [-0.2, -0.15) is 5.26 Å². The summed E-state index contributed by atoms with van der Waals surface area (Å²) in [5.41, 5.74) is 0.606. The molecule has 1 N–H and O–H groups in total. The van der Waals surface area contributed by atoms with Crippen LogP contribution in [0, 0.1) is 11.3 Å². The summed E-state index contributed by atoms with van der Waals surface area (Å²) in [6, 6.07) is 7.50. The maximum Gasteiger partial charge on any atom is 0.101 e. The Morgan fingerprint density at radius 1 is 1.50 bits per heavy atom. The van der Waals surface area contributed by atoms with Gasteiger partial charge in [0, 0.05) is 10.3 Å². The molecule has 2 aromatic rings. The molecule has 0 aliphatic carbocycles. The van der Waals surface area contributed by atoms with Gasteiger partial charge < -0.3 is 5.11 Å². The Kier molecular flexibility index (Phi) is 2.42. The molecule has 0 bridgehead atoms. The average molecular weight is 224 g/mol. The number of nitriles is 1. The van der Waals surface area contributed by atoms with E-state index >= 15 is 0 Å². The van der Waals surface area contributed by atoms with Crippen LogP contribution in [0.4, 0.5) is 0 Å². The molecule has 14 heavy (non-hydrogen) atoms. The van der Waals surface area contributed by atoms with E-state index in [9.17, 15) is 0 Å². The predicted octanol–water partition coefficient (Wildman–Crippen LogP) is 2.92. The molecule has 0 saturated carbocycles. The zero-order chi connectivity index (χ0) is 10.1. The molecular formula is C10H6ClNOS. The Hall–Kier alpha value is -1.08. The lowest BCUT2D eigenvalue weighted by Gasteiger charge is -1.91. The van der Waals surface area contributed by atoms with Crippen molar-refractivity contribution < 1.29 is 5.11 Å². The van der Waals surface area contributed by atoms with Gasteiger partial charge in [-0.15, -0.1) is 11.3 Å². The Labute approximate surface area is 90.0 Å².